The van der Waals surface area contributed by atoms with Crippen molar-refractivity contribution >= 4 is 29.8 Å². The summed E-state index contributed by atoms with van der Waals surface area (Å²) in [4.78, 5) is 59.5. The van der Waals surface area contributed by atoms with Crippen molar-refractivity contribution in [1.82, 2.24) is 5.32 Å². The first kappa shape index (κ1) is 22.6. The monoisotopic (exact) mass is 395 g/mol. The number of carbonyl (C=O) groups excluding carboxylic acids is 4. The number of hydrogen-bond donors (Lipinski definition) is 2. The Labute approximate surface area is 160 Å². The van der Waals surface area contributed by atoms with Gasteiger partial charge in [-0.05, 0) is 18.2 Å². The highest BCUT2D eigenvalue weighted by Gasteiger charge is 2.42. The molecule has 10 nitrogen and oxygen atoms in total. The van der Waals surface area contributed by atoms with Gasteiger partial charge in [-0.25, -0.2) is 9.59 Å². The minimum absolute atomic E-state index is 0.00552. The maximum absolute atomic E-state index is 12.5. The summed E-state index contributed by atoms with van der Waals surface area (Å²) in [5.41, 5.74) is 0.0890. The van der Waals surface area contributed by atoms with Crippen molar-refractivity contribution in [2.45, 2.75) is 13.0 Å². The first-order valence-electron chi connectivity index (χ1n) is 8.05. The first-order chi connectivity index (χ1) is 13.2. The number of nitrogens with one attached hydrogen (secondary N) is 1. The van der Waals surface area contributed by atoms with Gasteiger partial charge in [0, 0.05) is 11.5 Å². The Morgan fingerprint density at radius 3 is 1.93 bits per heavy atom. The fraction of sp³-hybridized carbons (Fsp3) is 0.389. The third-order valence-corrected chi connectivity index (χ3v) is 4.06. The second kappa shape index (κ2) is 10.0. The third-order valence-electron chi connectivity index (χ3n) is 4.06. The van der Waals surface area contributed by atoms with Crippen molar-refractivity contribution in [2.24, 2.45) is 11.8 Å². The maximum atomic E-state index is 12.5. The van der Waals surface area contributed by atoms with Gasteiger partial charge in [0.05, 0.1) is 26.9 Å². The lowest BCUT2D eigenvalue weighted by molar-refractivity contribution is -0.162. The summed E-state index contributed by atoms with van der Waals surface area (Å²) < 4.78 is 13.6. The maximum Gasteiger partial charge on any atom is 0.337 e. The van der Waals surface area contributed by atoms with Crippen LogP contribution in [0.2, 0.25) is 0 Å². The lowest BCUT2D eigenvalue weighted by Crippen LogP contribution is -2.50. The number of aliphatic carboxylic acids is 1. The number of hydrogen-bond acceptors (Lipinski definition) is 8. The van der Waals surface area contributed by atoms with Gasteiger partial charge in [-0.2, -0.15) is 0 Å². The van der Waals surface area contributed by atoms with Crippen LogP contribution in [0.4, 0.5) is 0 Å². The van der Waals surface area contributed by atoms with Crippen molar-refractivity contribution in [2.75, 3.05) is 21.3 Å². The number of benzene rings is 1. The van der Waals surface area contributed by atoms with Crippen LogP contribution in [0.25, 0.3) is 0 Å². The lowest BCUT2D eigenvalue weighted by Gasteiger charge is -2.26. The molecule has 0 saturated heterocycles. The highest BCUT2D eigenvalue weighted by Crippen LogP contribution is 2.20. The van der Waals surface area contributed by atoms with E-state index >= 15 is 0 Å². The topological polar surface area (TPSA) is 145 Å². The molecule has 0 radical (unpaired) electrons. The molecule has 0 aliphatic carbocycles. The molecule has 0 aromatic heterocycles. The summed E-state index contributed by atoms with van der Waals surface area (Å²) >= 11 is 0. The van der Waals surface area contributed by atoms with Crippen LogP contribution in [0.3, 0.4) is 0 Å². The van der Waals surface area contributed by atoms with Crippen molar-refractivity contribution in [3.8, 4) is 0 Å². The van der Waals surface area contributed by atoms with Gasteiger partial charge in [-0.3, -0.25) is 14.4 Å². The number of carboxylic acids is 1. The number of carboxylic acid groups (broad SMARTS) is 1. The molecule has 1 rings (SSSR count). The number of rotatable bonds is 8. The van der Waals surface area contributed by atoms with Crippen LogP contribution < -0.4 is 5.32 Å². The fourth-order valence-electron chi connectivity index (χ4n) is 2.52. The van der Waals surface area contributed by atoms with Crippen LogP contribution in [-0.2, 0) is 28.6 Å². The van der Waals surface area contributed by atoms with Crippen molar-refractivity contribution in [3.63, 3.8) is 0 Å². The Morgan fingerprint density at radius 1 is 0.929 bits per heavy atom. The van der Waals surface area contributed by atoms with Crippen molar-refractivity contribution in [1.29, 1.82) is 0 Å². The summed E-state index contributed by atoms with van der Waals surface area (Å²) in [6, 6.07) is 3.82. The van der Waals surface area contributed by atoms with E-state index in [0.29, 0.717) is 0 Å². The number of ether oxygens (including phenoxy) is 3. The Morgan fingerprint density at radius 2 is 1.46 bits per heavy atom. The molecule has 2 atom stereocenters. The van der Waals surface area contributed by atoms with E-state index in [4.69, 9.17) is 0 Å². The van der Waals surface area contributed by atoms with Gasteiger partial charge in [-0.1, -0.05) is 13.0 Å². The molecule has 10 heteroatoms. The van der Waals surface area contributed by atoms with E-state index < -0.39 is 47.7 Å². The molecule has 1 aromatic rings. The van der Waals surface area contributed by atoms with Crippen LogP contribution in [0.1, 0.15) is 27.6 Å². The standard InChI is InChI=1S/C18H21NO9/c1-9(12(17(24)27-3)18(25)28-4)13(15(21)22)19-14(20)10-6-5-7-11(8-10)16(23)26-2/h5-9,12-13H,1-4H3,(H,19,20)(H,21,22)/t9-,13+/m1/s1. The van der Waals surface area contributed by atoms with E-state index in [1.54, 1.807) is 0 Å². The molecule has 0 spiro atoms. The Balaban J connectivity index is 3.14. The smallest absolute Gasteiger partial charge is 0.337 e. The summed E-state index contributed by atoms with van der Waals surface area (Å²) in [7, 11) is 3.26. The van der Waals surface area contributed by atoms with Gasteiger partial charge in [0.2, 0.25) is 0 Å². The van der Waals surface area contributed by atoms with Crippen LogP contribution in [0.15, 0.2) is 24.3 Å². The molecule has 0 fully saturated rings. The van der Waals surface area contributed by atoms with Gasteiger partial charge < -0.3 is 24.6 Å². The summed E-state index contributed by atoms with van der Waals surface area (Å²) in [6.45, 7) is 1.29. The molecule has 1 amide bonds. The van der Waals surface area contributed by atoms with Crippen LogP contribution >= 0.6 is 0 Å². The minimum atomic E-state index is -1.61. The normalized spacial score (nSPS) is 12.5. The van der Waals surface area contributed by atoms with E-state index in [9.17, 15) is 29.1 Å². The fourth-order valence-corrected chi connectivity index (χ4v) is 2.52. The molecule has 0 unspecified atom stereocenters. The molecule has 152 valence electrons. The van der Waals surface area contributed by atoms with E-state index in [1.165, 1.54) is 38.3 Å². The van der Waals surface area contributed by atoms with Crippen molar-refractivity contribution < 1.29 is 43.3 Å². The number of esters is 3. The lowest BCUT2D eigenvalue weighted by atomic mass is 9.87. The second-order valence-corrected chi connectivity index (χ2v) is 5.74. The summed E-state index contributed by atoms with van der Waals surface area (Å²) in [5, 5.41) is 11.7. The van der Waals surface area contributed by atoms with Crippen LogP contribution in [0, 0.1) is 11.8 Å². The zero-order valence-electron chi connectivity index (χ0n) is 15.8. The Bertz CT molecular complexity index is 758. The molecular formula is C18H21NO9. The molecule has 0 bridgehead atoms. The number of amides is 1. The first-order valence-corrected chi connectivity index (χ1v) is 8.05. The molecule has 1 aromatic carbocycles. The summed E-state index contributed by atoms with van der Waals surface area (Å²) in [5.74, 6) is -7.70. The number of carbonyl (C=O) groups is 5. The zero-order chi connectivity index (χ0) is 21.4. The SMILES string of the molecule is COC(=O)c1cccc(C(=O)N[C@H](C(=O)O)[C@H](C)C(C(=O)OC)C(=O)OC)c1. The third kappa shape index (κ3) is 5.29. The van der Waals surface area contributed by atoms with Gasteiger partial charge in [0.15, 0.2) is 5.92 Å². The quantitative estimate of drug-likeness (QED) is 0.359. The highest BCUT2D eigenvalue weighted by molar-refractivity contribution is 6.00. The van der Waals surface area contributed by atoms with E-state index in [-0.39, 0.29) is 11.1 Å². The molecule has 0 heterocycles. The summed E-state index contributed by atoms with van der Waals surface area (Å²) in [6.07, 6.45) is 0. The second-order valence-electron chi connectivity index (χ2n) is 5.74. The Kier molecular flexibility index (Phi) is 8.11. The Hall–Kier alpha value is -3.43. The number of methoxy groups -OCH3 is 3. The van der Waals surface area contributed by atoms with Crippen LogP contribution in [-0.4, -0.2) is 62.3 Å². The zero-order valence-corrected chi connectivity index (χ0v) is 15.8. The van der Waals surface area contributed by atoms with Gasteiger partial charge in [0.1, 0.15) is 6.04 Å². The average Bonchev–Trinajstić information content (AvgIpc) is 2.70. The van der Waals surface area contributed by atoms with E-state index in [2.05, 4.69) is 19.5 Å². The van der Waals surface area contributed by atoms with Crippen molar-refractivity contribution in [3.05, 3.63) is 35.4 Å². The molecular weight excluding hydrogens is 374 g/mol. The van der Waals surface area contributed by atoms with Crippen LogP contribution in [0.5, 0.6) is 0 Å². The molecule has 0 aliphatic heterocycles. The molecule has 0 aliphatic rings. The predicted molar refractivity (Wildman–Crippen MR) is 93.4 cm³/mol. The van der Waals surface area contributed by atoms with Gasteiger partial charge in [-0.15, -0.1) is 0 Å². The van der Waals surface area contributed by atoms with E-state index in [0.717, 1.165) is 14.2 Å². The largest absolute Gasteiger partial charge is 0.480 e. The highest BCUT2D eigenvalue weighted by atomic mass is 16.5. The van der Waals surface area contributed by atoms with Gasteiger partial charge >= 0.3 is 23.9 Å². The predicted octanol–water partition coefficient (Wildman–Crippen LogP) is 0.255. The van der Waals surface area contributed by atoms with Gasteiger partial charge in [0.25, 0.3) is 5.91 Å². The molecule has 2 N–H and O–H groups in total. The average molecular weight is 395 g/mol. The molecule has 0 saturated carbocycles. The minimum Gasteiger partial charge on any atom is -0.480 e. The molecule has 28 heavy (non-hydrogen) atoms. The van der Waals surface area contributed by atoms with E-state index in [1.807, 2.05) is 0 Å².